The van der Waals surface area contributed by atoms with E-state index in [1.54, 1.807) is 7.11 Å². The van der Waals surface area contributed by atoms with Gasteiger partial charge in [-0.1, -0.05) is 0 Å². The maximum atomic E-state index is 5.83. The first kappa shape index (κ1) is 12.2. The van der Waals surface area contributed by atoms with Crippen LogP contribution in [0.2, 0.25) is 0 Å². The van der Waals surface area contributed by atoms with Crippen molar-refractivity contribution in [1.82, 2.24) is 0 Å². The van der Waals surface area contributed by atoms with Gasteiger partial charge >= 0.3 is 118 Å². The zero-order valence-electron chi connectivity index (χ0n) is 10.5. The first-order chi connectivity index (χ1) is 9.36. The van der Waals surface area contributed by atoms with Crippen molar-refractivity contribution in [3.8, 4) is 27.1 Å². The van der Waals surface area contributed by atoms with Crippen LogP contribution in [-0.2, 0) is 0 Å². The van der Waals surface area contributed by atoms with Crippen LogP contribution in [0.1, 0.15) is 0 Å². The monoisotopic (exact) mass is 317 g/mol. The minimum atomic E-state index is 0.0522. The third-order valence-corrected chi connectivity index (χ3v) is 4.59. The SMILES string of the molecule is COc1ccc(-c2cc(-c3ccccc3)[se][o+]2)cc1. The standard InChI is InChI=1S/C16H13O2Se/c1-17-14-9-7-12(8-10-14)15-11-16(19-18-15)13-5-3-2-4-6-13/h2-11H,1H3/q+1. The Labute approximate surface area is 118 Å². The van der Waals surface area contributed by atoms with Gasteiger partial charge in [0.2, 0.25) is 0 Å². The van der Waals surface area contributed by atoms with Gasteiger partial charge in [-0.25, -0.2) is 0 Å². The van der Waals surface area contributed by atoms with E-state index in [4.69, 9.17) is 8.22 Å². The fourth-order valence-corrected chi connectivity index (χ4v) is 3.37. The van der Waals surface area contributed by atoms with Crippen molar-refractivity contribution in [2.45, 2.75) is 0 Å². The van der Waals surface area contributed by atoms with Gasteiger partial charge < -0.3 is 0 Å². The summed E-state index contributed by atoms with van der Waals surface area (Å²) in [6.07, 6.45) is 0. The first-order valence-electron chi connectivity index (χ1n) is 6.00. The van der Waals surface area contributed by atoms with Gasteiger partial charge in [0.15, 0.2) is 0 Å². The van der Waals surface area contributed by atoms with Crippen molar-refractivity contribution in [1.29, 1.82) is 0 Å². The summed E-state index contributed by atoms with van der Waals surface area (Å²) in [5.41, 5.74) is 2.33. The zero-order chi connectivity index (χ0) is 13.1. The van der Waals surface area contributed by atoms with Crippen LogP contribution in [0.4, 0.5) is 0 Å². The van der Waals surface area contributed by atoms with E-state index in [0.29, 0.717) is 0 Å². The van der Waals surface area contributed by atoms with Crippen molar-refractivity contribution >= 4 is 14.9 Å². The normalized spacial score (nSPS) is 10.4. The summed E-state index contributed by atoms with van der Waals surface area (Å²) in [4.78, 5) is 0. The van der Waals surface area contributed by atoms with Crippen molar-refractivity contribution in [3.05, 3.63) is 60.7 Å². The molecule has 0 aliphatic rings. The Hall–Kier alpha value is -1.83. The number of ether oxygens (including phenoxy) is 1. The fraction of sp³-hybridized carbons (Fsp3) is 0.0625. The zero-order valence-corrected chi connectivity index (χ0v) is 12.2. The number of methoxy groups -OCH3 is 1. The molecule has 3 rings (SSSR count). The van der Waals surface area contributed by atoms with E-state index in [0.717, 1.165) is 17.1 Å². The Morgan fingerprint density at radius 3 is 2.32 bits per heavy atom. The summed E-state index contributed by atoms with van der Waals surface area (Å²) in [6, 6.07) is 20.5. The molecule has 2 nitrogen and oxygen atoms in total. The minimum absolute atomic E-state index is 0.0522. The summed E-state index contributed by atoms with van der Waals surface area (Å²) in [5, 5.41) is 0. The number of rotatable bonds is 3. The molecule has 0 aliphatic heterocycles. The van der Waals surface area contributed by atoms with Gasteiger partial charge in [-0.05, 0) is 0 Å². The van der Waals surface area contributed by atoms with Gasteiger partial charge in [-0.3, -0.25) is 0 Å². The first-order valence-corrected chi connectivity index (χ1v) is 7.55. The second-order valence-corrected chi connectivity index (χ2v) is 5.76. The summed E-state index contributed by atoms with van der Waals surface area (Å²) in [7, 11) is 1.67. The molecule has 0 amide bonds. The molecular weight excluding hydrogens is 303 g/mol. The van der Waals surface area contributed by atoms with E-state index in [1.165, 1.54) is 10.0 Å². The van der Waals surface area contributed by atoms with Gasteiger partial charge in [0, 0.05) is 0 Å². The van der Waals surface area contributed by atoms with E-state index in [2.05, 4.69) is 30.3 Å². The van der Waals surface area contributed by atoms with Crippen LogP contribution >= 0.6 is 0 Å². The predicted molar refractivity (Wildman–Crippen MR) is 77.5 cm³/mol. The maximum absolute atomic E-state index is 5.83. The Bertz CT molecular complexity index is 657. The van der Waals surface area contributed by atoms with Crippen LogP contribution in [0.25, 0.3) is 21.3 Å². The Morgan fingerprint density at radius 2 is 1.63 bits per heavy atom. The van der Waals surface area contributed by atoms with Crippen LogP contribution < -0.4 is 4.74 Å². The molecule has 19 heavy (non-hydrogen) atoms. The quantitative estimate of drug-likeness (QED) is 0.538. The van der Waals surface area contributed by atoms with E-state index < -0.39 is 0 Å². The van der Waals surface area contributed by atoms with Gasteiger partial charge in [-0.2, -0.15) is 0 Å². The molecule has 0 saturated heterocycles. The van der Waals surface area contributed by atoms with E-state index >= 15 is 0 Å². The van der Waals surface area contributed by atoms with E-state index in [1.807, 2.05) is 30.3 Å². The molecule has 0 atom stereocenters. The topological polar surface area (TPSA) is 20.5 Å². The molecule has 94 valence electrons. The molecule has 0 spiro atoms. The molecule has 1 heterocycles. The molecule has 3 heteroatoms. The summed E-state index contributed by atoms with van der Waals surface area (Å²) >= 11 is 0.0522. The van der Waals surface area contributed by atoms with Crippen molar-refractivity contribution < 1.29 is 8.22 Å². The second-order valence-electron chi connectivity index (χ2n) is 4.13. The molecule has 0 bridgehead atoms. The van der Waals surface area contributed by atoms with Crippen LogP contribution in [-0.4, -0.2) is 22.0 Å². The Kier molecular flexibility index (Phi) is 3.49. The molecule has 1 aromatic heterocycles. The third kappa shape index (κ3) is 2.62. The second kappa shape index (κ2) is 5.43. The molecule has 2 aromatic carbocycles. The molecule has 0 unspecified atom stereocenters. The van der Waals surface area contributed by atoms with Crippen LogP contribution in [0.5, 0.6) is 5.75 Å². The van der Waals surface area contributed by atoms with E-state index in [-0.39, 0.29) is 14.9 Å². The summed E-state index contributed by atoms with van der Waals surface area (Å²) < 4.78 is 12.3. The van der Waals surface area contributed by atoms with Gasteiger partial charge in [-0.15, -0.1) is 0 Å². The van der Waals surface area contributed by atoms with Crippen LogP contribution in [0.3, 0.4) is 0 Å². The van der Waals surface area contributed by atoms with Crippen molar-refractivity contribution in [2.75, 3.05) is 7.11 Å². The average molecular weight is 316 g/mol. The van der Waals surface area contributed by atoms with Gasteiger partial charge in [0.05, 0.1) is 0 Å². The Morgan fingerprint density at radius 1 is 0.895 bits per heavy atom. The molecule has 0 radical (unpaired) electrons. The van der Waals surface area contributed by atoms with Gasteiger partial charge in [0.25, 0.3) is 0 Å². The summed E-state index contributed by atoms with van der Waals surface area (Å²) in [5.74, 6) is 1.81. The third-order valence-electron chi connectivity index (χ3n) is 2.92. The predicted octanol–water partition coefficient (Wildman–Crippen LogP) is 3.96. The number of hydrogen-bond acceptors (Lipinski definition) is 1. The van der Waals surface area contributed by atoms with Crippen molar-refractivity contribution in [3.63, 3.8) is 0 Å². The van der Waals surface area contributed by atoms with Crippen LogP contribution in [0.15, 0.2) is 64.1 Å². The van der Waals surface area contributed by atoms with Crippen molar-refractivity contribution in [2.24, 2.45) is 0 Å². The Balaban J connectivity index is 1.92. The van der Waals surface area contributed by atoms with Crippen LogP contribution in [0, 0.1) is 0 Å². The fourth-order valence-electron chi connectivity index (χ4n) is 1.88. The molecular formula is C16H13O2Se+. The average Bonchev–Trinajstić information content (AvgIpc) is 2.98. The van der Waals surface area contributed by atoms with E-state index in [9.17, 15) is 0 Å². The number of benzene rings is 2. The number of hydrogen-bond donors (Lipinski definition) is 0. The molecule has 0 aliphatic carbocycles. The molecule has 0 N–H and O–H groups in total. The summed E-state index contributed by atoms with van der Waals surface area (Å²) in [6.45, 7) is 0. The molecule has 0 saturated carbocycles. The molecule has 3 aromatic rings. The van der Waals surface area contributed by atoms with Gasteiger partial charge in [0.1, 0.15) is 0 Å². The molecule has 0 fully saturated rings.